The second-order valence-corrected chi connectivity index (χ2v) is 31.4. The van der Waals surface area contributed by atoms with Crippen LogP contribution in [0.5, 0.6) is 0 Å². The summed E-state index contributed by atoms with van der Waals surface area (Å²) in [5.41, 5.74) is -16.8. The van der Waals surface area contributed by atoms with Crippen molar-refractivity contribution in [2.75, 3.05) is 67.7 Å². The minimum absolute atomic E-state index is 0.0312. The number of amides is 4. The van der Waals surface area contributed by atoms with Crippen LogP contribution in [-0.2, 0) is 110 Å². The number of halogens is 18. The molecular weight excluding hydrogens is 1790 g/mol. The molecule has 712 valence electrons. The van der Waals surface area contributed by atoms with Crippen LogP contribution in [0.3, 0.4) is 0 Å². The summed E-state index contributed by atoms with van der Waals surface area (Å²) in [4.78, 5) is 92.7. The average molecular weight is 1880 g/mol. The maximum atomic E-state index is 14.2. The zero-order valence-electron chi connectivity index (χ0n) is 71.3. The van der Waals surface area contributed by atoms with Gasteiger partial charge in [-0.15, -0.1) is 0 Å². The van der Waals surface area contributed by atoms with Crippen LogP contribution in [0.4, 0.5) is 83.8 Å². The summed E-state index contributed by atoms with van der Waals surface area (Å²) in [5.74, 6) is -1.51. The highest BCUT2D eigenvalue weighted by Gasteiger charge is 2.58. The molecule has 3 aliphatic rings. The molecule has 6 heterocycles. The number of H-pyrrole nitrogens is 3. The van der Waals surface area contributed by atoms with E-state index in [1.807, 2.05) is 0 Å². The van der Waals surface area contributed by atoms with Crippen molar-refractivity contribution >= 4 is 23.8 Å². The van der Waals surface area contributed by atoms with Crippen LogP contribution in [0.15, 0.2) is 209 Å². The van der Waals surface area contributed by atoms with Gasteiger partial charge in [0.15, 0.2) is 0 Å². The predicted molar refractivity (Wildman–Crippen MR) is 437 cm³/mol. The highest BCUT2D eigenvalue weighted by atomic mass is 19.4. The van der Waals surface area contributed by atoms with Gasteiger partial charge in [-0.25, -0.2) is 34.5 Å². The van der Waals surface area contributed by atoms with Crippen molar-refractivity contribution in [2.45, 2.75) is 155 Å². The second kappa shape index (κ2) is 40.7. The molecule has 132 heavy (non-hydrogen) atoms. The van der Waals surface area contributed by atoms with Gasteiger partial charge in [-0.05, 0) is 153 Å². The summed E-state index contributed by atoms with van der Waals surface area (Å²) in [5, 5.41) is 39.3. The zero-order valence-corrected chi connectivity index (χ0v) is 71.3. The summed E-state index contributed by atoms with van der Waals surface area (Å²) in [6.45, 7) is 2.58. The zero-order chi connectivity index (χ0) is 97.0. The number of rotatable bonds is 23. The van der Waals surface area contributed by atoms with Crippen LogP contribution in [0.1, 0.15) is 150 Å². The molecule has 10 aromatic rings. The molecule has 3 aromatic heterocycles. The van der Waals surface area contributed by atoms with Gasteiger partial charge in [0.25, 0.3) is 0 Å². The van der Waals surface area contributed by atoms with Gasteiger partial charge in [-0.1, -0.05) is 121 Å². The normalized spacial score (nSPS) is 21.4. The van der Waals surface area contributed by atoms with Crippen molar-refractivity contribution in [3.63, 3.8) is 0 Å². The fourth-order valence-electron chi connectivity index (χ4n) is 16.2. The van der Waals surface area contributed by atoms with E-state index in [9.17, 15) is 113 Å². The molecule has 0 spiro atoms. The maximum absolute atomic E-state index is 14.2. The third-order valence-corrected chi connectivity index (χ3v) is 23.6. The third kappa shape index (κ3) is 22.5. The first-order valence-electron chi connectivity index (χ1n) is 40.4. The standard InChI is InChI=1S/C34H33F6N5O5.2C26H27F6N5O3.CH4O/c1-22(24-15-26(33(35,36)37)17-27(16-24)34(38,39)40)50-20-32(25-11-7-4-8-12-25)14-13-31(28(46)41-2,45-21-42-43-29(45)47)19-44(32)30(48)49-18-23-9-5-3-6-10-23;2*1-16(17-10-19(25(27,28)29)12-20(11-17)26(30,31)32)40-14-23(18-6-4-3-5-7-18)8-9-24(13-34-23,21(38)33-2)37-15-35-36-22(37)39;1-2/h3-12,15-17,21-22H,13-14,18-20H2,1-2H3,(H,41,46)(H,43,47);2*3-7,10-12,15-16,34H,8-9,13-14H2,1-2H3,(H,33,38)(H,36,39);2H,1H3/t22-,31?,32-;16-,23-,24+;16-,23-,24-;/m111./s1. The first-order chi connectivity index (χ1) is 62.0. The summed E-state index contributed by atoms with van der Waals surface area (Å²) >= 11 is 0. The summed E-state index contributed by atoms with van der Waals surface area (Å²) in [7, 11) is 5.23. The van der Waals surface area contributed by atoms with Crippen LogP contribution in [0.2, 0.25) is 0 Å². The molecule has 0 aliphatic carbocycles. The summed E-state index contributed by atoms with van der Waals surface area (Å²) in [6.07, 6.45) is -30.4. The number of nitrogens with one attached hydrogen (secondary N) is 8. The number of likely N-dealkylation sites (tertiary alicyclic amines) is 1. The number of aromatic amines is 3. The molecular formula is C87H91F18N15O12. The Kier molecular flexibility index (Phi) is 31.4. The number of carbonyl (C=O) groups is 4. The lowest BCUT2D eigenvalue weighted by Crippen LogP contribution is -2.67. The van der Waals surface area contributed by atoms with Crippen LogP contribution in [0, 0.1) is 0 Å². The number of likely N-dealkylation sites (N-methyl/N-ethyl adjacent to an activating group) is 3. The molecule has 0 radical (unpaired) electrons. The van der Waals surface area contributed by atoms with E-state index in [-0.39, 0.29) is 101 Å². The van der Waals surface area contributed by atoms with E-state index in [0.29, 0.717) is 47.5 Å². The van der Waals surface area contributed by atoms with Crippen LogP contribution >= 0.6 is 0 Å². The lowest BCUT2D eigenvalue weighted by atomic mass is 9.74. The monoisotopic (exact) mass is 1880 g/mol. The largest absolute Gasteiger partial charge is 0.445 e. The number of aliphatic hydroxyl groups is 1. The number of piperidine rings is 3. The third-order valence-electron chi connectivity index (χ3n) is 23.6. The Bertz CT molecular complexity index is 5440. The van der Waals surface area contributed by atoms with Crippen LogP contribution < -0.4 is 43.7 Å². The number of carbonyl (C=O) groups excluding carboxylic acids is 4. The number of aromatic nitrogens is 9. The first-order valence-corrected chi connectivity index (χ1v) is 40.4. The number of aliphatic hydroxyl groups excluding tert-OH is 1. The fourth-order valence-corrected chi connectivity index (χ4v) is 16.2. The molecule has 45 heteroatoms. The number of hydrogen-bond acceptors (Lipinski definition) is 17. The number of nitrogens with zero attached hydrogens (tertiary/aromatic N) is 7. The van der Waals surface area contributed by atoms with Crippen molar-refractivity contribution in [2.24, 2.45) is 0 Å². The van der Waals surface area contributed by atoms with E-state index in [0.717, 1.165) is 29.1 Å². The van der Waals surface area contributed by atoms with E-state index in [2.05, 4.69) is 57.2 Å². The van der Waals surface area contributed by atoms with Crippen molar-refractivity contribution in [3.05, 3.63) is 299 Å². The lowest BCUT2D eigenvalue weighted by molar-refractivity contribution is -0.145. The van der Waals surface area contributed by atoms with E-state index in [1.54, 1.807) is 121 Å². The van der Waals surface area contributed by atoms with Crippen molar-refractivity contribution in [1.82, 2.24) is 75.8 Å². The molecule has 27 nitrogen and oxygen atoms in total. The Hall–Kier alpha value is -12.5. The quantitative estimate of drug-likeness (QED) is 0.0269. The van der Waals surface area contributed by atoms with Gasteiger partial charge in [0, 0.05) is 41.3 Å². The number of hydrogen-bond donors (Lipinski definition) is 9. The van der Waals surface area contributed by atoms with Gasteiger partial charge in [0.05, 0.1) is 94.7 Å². The molecule has 0 bridgehead atoms. The minimum Gasteiger partial charge on any atom is -0.445 e. The fraction of sp³-hybridized carbons (Fsp3) is 0.402. The Morgan fingerprint density at radius 2 is 0.674 bits per heavy atom. The van der Waals surface area contributed by atoms with E-state index >= 15 is 0 Å². The van der Waals surface area contributed by atoms with Gasteiger partial charge >= 0.3 is 60.2 Å². The number of alkyl halides is 18. The number of ether oxygens (including phenoxy) is 4. The molecule has 3 fully saturated rings. The first kappa shape index (κ1) is 102. The highest BCUT2D eigenvalue weighted by molar-refractivity contribution is 5.86. The Morgan fingerprint density at radius 3 is 0.955 bits per heavy atom. The van der Waals surface area contributed by atoms with E-state index in [4.69, 9.17) is 24.1 Å². The highest BCUT2D eigenvalue weighted by Crippen LogP contribution is 2.49. The lowest BCUT2D eigenvalue weighted by Gasteiger charge is -2.52. The second-order valence-electron chi connectivity index (χ2n) is 31.4. The van der Waals surface area contributed by atoms with Gasteiger partial charge in [0.1, 0.15) is 42.2 Å². The molecule has 7 aromatic carbocycles. The predicted octanol–water partition coefficient (Wildman–Crippen LogP) is 14.0. The van der Waals surface area contributed by atoms with Gasteiger partial charge in [-0.3, -0.25) is 33.0 Å². The molecule has 1 unspecified atom stereocenters. The minimum atomic E-state index is -5.07. The topological polar surface area (TPSA) is 341 Å². The Morgan fingerprint density at radius 1 is 0.394 bits per heavy atom. The molecule has 4 amide bonds. The van der Waals surface area contributed by atoms with Gasteiger partial charge in [0.2, 0.25) is 17.7 Å². The van der Waals surface area contributed by atoms with Crippen molar-refractivity contribution < 1.29 is 122 Å². The van der Waals surface area contributed by atoms with Crippen LogP contribution in [0.25, 0.3) is 0 Å². The number of benzene rings is 7. The maximum Gasteiger partial charge on any atom is 0.416 e. The van der Waals surface area contributed by atoms with Crippen LogP contribution in [-0.4, -0.2) is 146 Å². The van der Waals surface area contributed by atoms with Crippen molar-refractivity contribution in [1.29, 1.82) is 0 Å². The van der Waals surface area contributed by atoms with Gasteiger partial charge < -0.3 is 50.6 Å². The Balaban J connectivity index is 0.000000205. The Labute approximate surface area is 740 Å². The molecule has 3 aliphatic heterocycles. The summed E-state index contributed by atoms with van der Waals surface area (Å²) < 4.78 is 270. The summed E-state index contributed by atoms with van der Waals surface area (Å²) in [6, 6.07) is 38.9. The molecule has 9 N–H and O–H groups in total. The van der Waals surface area contributed by atoms with E-state index in [1.165, 1.54) is 68.6 Å². The SMILES string of the molecule is CNC(=O)C1(n2cn[nH]c2=O)CC[C@@](CO[C@H](C)c2cc(C(F)(F)F)cc(C(F)(F)F)c2)(c2ccccc2)N(C(=O)OCc2ccccc2)C1.CNC(=O)[C@@]1(n2cn[nH]c2=O)CC[C@@](CO[C@H](C)c2cc(C(F)(F)F)cc(C(F)(F)F)c2)(c2ccccc2)NC1.CNC(=O)[C@]1(n2cn[nH]c2=O)CC[C@@](CO[C@H](C)c2cc(C(F)(F)F)cc(C(F)(F)F)c2)(c2ccccc2)NC1.CO. The molecule has 3 saturated heterocycles. The molecule has 13 rings (SSSR count). The van der Waals surface area contributed by atoms with Gasteiger partial charge in [-0.2, -0.15) is 94.3 Å². The smallest absolute Gasteiger partial charge is 0.416 e. The van der Waals surface area contributed by atoms with Crippen molar-refractivity contribution in [3.8, 4) is 0 Å². The van der Waals surface area contributed by atoms with E-state index < -0.39 is 182 Å². The molecule has 0 saturated carbocycles. The average Bonchev–Trinajstić information content (AvgIpc) is 0.896. The molecule has 9 atom stereocenters.